The van der Waals surface area contributed by atoms with Gasteiger partial charge in [0.2, 0.25) is 5.69 Å². The number of rotatable bonds is 4. The van der Waals surface area contributed by atoms with E-state index in [-0.39, 0.29) is 10.8 Å². The summed E-state index contributed by atoms with van der Waals surface area (Å²) in [6.07, 6.45) is 10.3. The summed E-state index contributed by atoms with van der Waals surface area (Å²) in [6.45, 7) is 11.1. The molecule has 0 atom stereocenters. The van der Waals surface area contributed by atoms with Crippen LogP contribution in [0.25, 0.3) is 0 Å². The number of aliphatic hydroxyl groups is 2. The molecule has 4 nitrogen and oxygen atoms in total. The van der Waals surface area contributed by atoms with Crippen LogP contribution in [0.5, 0.6) is 0 Å². The largest absolute Gasteiger partial charge is 0.364 e. The van der Waals surface area contributed by atoms with E-state index in [1.807, 2.05) is 12.1 Å². The molecule has 2 aromatic rings. The number of allylic oxidation sites excluding steroid dienone is 8. The zero-order chi connectivity index (χ0) is 28.3. The number of anilines is 1. The van der Waals surface area contributed by atoms with Crippen LogP contribution in [0.1, 0.15) is 75.5 Å². The molecule has 1 aliphatic carbocycles. The first kappa shape index (κ1) is 27.6. The molecule has 204 valence electrons. The SMILES string of the molecule is Cc1ccc2c(c1)C(C)(C)C(=CC=C1CCCC(C=CC3=[N+](C)c4ccc(C(O)O)cc4C3(C)C)=C1Cl)N2C. The lowest BCUT2D eigenvalue weighted by molar-refractivity contribution is -0.401. The second-order valence-electron chi connectivity index (χ2n) is 12.2. The monoisotopic (exact) mass is 543 g/mol. The van der Waals surface area contributed by atoms with Gasteiger partial charge in [0.15, 0.2) is 12.0 Å². The molecular formula is C34H40ClN2O2+. The lowest BCUT2D eigenvalue weighted by Crippen LogP contribution is -2.26. The first-order valence-corrected chi connectivity index (χ1v) is 14.2. The number of aliphatic hydroxyl groups excluding tert-OH is 1. The Morgan fingerprint density at radius 2 is 1.69 bits per heavy atom. The highest BCUT2D eigenvalue weighted by Gasteiger charge is 2.43. The van der Waals surface area contributed by atoms with Crippen LogP contribution >= 0.6 is 11.6 Å². The van der Waals surface area contributed by atoms with Gasteiger partial charge in [-0.15, -0.1) is 0 Å². The van der Waals surface area contributed by atoms with Crippen LogP contribution in [0.3, 0.4) is 0 Å². The number of likely N-dealkylation sites (N-methyl/N-ethyl adjacent to an activating group) is 1. The fourth-order valence-corrected chi connectivity index (χ4v) is 6.85. The van der Waals surface area contributed by atoms with Gasteiger partial charge in [-0.25, -0.2) is 0 Å². The molecule has 2 aliphatic heterocycles. The Balaban J connectivity index is 1.45. The highest BCUT2D eigenvalue weighted by atomic mass is 35.5. The van der Waals surface area contributed by atoms with Crippen LogP contribution in [-0.4, -0.2) is 34.6 Å². The van der Waals surface area contributed by atoms with Crippen LogP contribution in [0, 0.1) is 6.92 Å². The molecule has 5 rings (SSSR count). The third-order valence-corrected chi connectivity index (χ3v) is 9.37. The summed E-state index contributed by atoms with van der Waals surface area (Å²) >= 11 is 7.03. The Morgan fingerprint density at radius 1 is 0.949 bits per heavy atom. The van der Waals surface area contributed by atoms with E-state index >= 15 is 0 Å². The number of hydrogen-bond donors (Lipinski definition) is 2. The van der Waals surface area contributed by atoms with E-state index in [9.17, 15) is 10.2 Å². The molecule has 2 aromatic carbocycles. The lowest BCUT2D eigenvalue weighted by atomic mass is 9.80. The minimum absolute atomic E-state index is 0.0724. The maximum absolute atomic E-state index is 9.69. The number of fused-ring (bicyclic) bond motifs is 2. The van der Waals surface area contributed by atoms with Gasteiger partial charge in [-0.05, 0) is 81.0 Å². The van der Waals surface area contributed by atoms with E-state index in [0.29, 0.717) is 5.56 Å². The molecule has 0 unspecified atom stereocenters. The number of benzene rings is 2. The third-order valence-electron chi connectivity index (χ3n) is 8.88. The van der Waals surface area contributed by atoms with Crippen LogP contribution < -0.4 is 4.90 Å². The standard InChI is InChI=1S/C34H40ClN2O2/c1-21-11-15-27-25(19-21)33(2,3)29(36(27)6)17-13-22-9-8-10-23(31(22)35)14-18-30-34(4,5)26-20-24(32(38)39)12-16-28(26)37(30)7/h11-20,32,38-39H,8-10H2,1-7H3/q+1. The first-order chi connectivity index (χ1) is 18.3. The molecule has 0 bridgehead atoms. The molecule has 0 amide bonds. The van der Waals surface area contributed by atoms with Crippen molar-refractivity contribution in [2.24, 2.45) is 0 Å². The number of hydrogen-bond acceptors (Lipinski definition) is 3. The highest BCUT2D eigenvalue weighted by Crippen LogP contribution is 2.47. The number of aryl methyl sites for hydroxylation is 1. The Morgan fingerprint density at radius 3 is 2.41 bits per heavy atom. The summed E-state index contributed by atoms with van der Waals surface area (Å²) in [6, 6.07) is 12.4. The Labute approximate surface area is 237 Å². The summed E-state index contributed by atoms with van der Waals surface area (Å²) in [5, 5.41) is 20.2. The molecule has 0 spiro atoms. The van der Waals surface area contributed by atoms with Crippen LogP contribution in [0.15, 0.2) is 82.6 Å². The van der Waals surface area contributed by atoms with Gasteiger partial charge in [0, 0.05) is 52.1 Å². The summed E-state index contributed by atoms with van der Waals surface area (Å²) in [7, 11) is 4.22. The predicted octanol–water partition coefficient (Wildman–Crippen LogP) is 7.46. The quantitative estimate of drug-likeness (QED) is 0.311. The molecule has 0 fully saturated rings. The minimum Gasteiger partial charge on any atom is -0.364 e. The maximum Gasteiger partial charge on any atom is 0.209 e. The topological polar surface area (TPSA) is 46.7 Å². The zero-order valence-corrected chi connectivity index (χ0v) is 24.9. The molecule has 0 saturated carbocycles. The van der Waals surface area contributed by atoms with Gasteiger partial charge in [-0.3, -0.25) is 0 Å². The lowest BCUT2D eigenvalue weighted by Gasteiger charge is -2.24. The number of halogens is 1. The fourth-order valence-electron chi connectivity index (χ4n) is 6.53. The Kier molecular flexibility index (Phi) is 7.03. The first-order valence-electron chi connectivity index (χ1n) is 13.8. The summed E-state index contributed by atoms with van der Waals surface area (Å²) in [5.74, 6) is 0. The summed E-state index contributed by atoms with van der Waals surface area (Å²) < 4.78 is 2.19. The van der Waals surface area contributed by atoms with Crippen molar-refractivity contribution >= 4 is 28.7 Å². The van der Waals surface area contributed by atoms with Gasteiger partial charge in [0.25, 0.3) is 0 Å². The van der Waals surface area contributed by atoms with E-state index < -0.39 is 6.29 Å². The predicted molar refractivity (Wildman–Crippen MR) is 162 cm³/mol. The molecular weight excluding hydrogens is 504 g/mol. The van der Waals surface area contributed by atoms with Gasteiger partial charge in [-0.2, -0.15) is 4.58 Å². The normalized spacial score (nSPS) is 22.2. The van der Waals surface area contributed by atoms with Gasteiger partial charge in [0.1, 0.15) is 7.05 Å². The second-order valence-corrected chi connectivity index (χ2v) is 12.6. The molecule has 39 heavy (non-hydrogen) atoms. The van der Waals surface area contributed by atoms with Crippen molar-refractivity contribution in [3.05, 3.63) is 105 Å². The van der Waals surface area contributed by atoms with Crippen molar-refractivity contribution in [3.8, 4) is 0 Å². The molecule has 2 heterocycles. The van der Waals surface area contributed by atoms with Crippen LogP contribution in [0.2, 0.25) is 0 Å². The smallest absolute Gasteiger partial charge is 0.209 e. The highest BCUT2D eigenvalue weighted by molar-refractivity contribution is 6.32. The zero-order valence-electron chi connectivity index (χ0n) is 24.1. The van der Waals surface area contributed by atoms with Gasteiger partial charge in [-0.1, -0.05) is 55.3 Å². The van der Waals surface area contributed by atoms with Gasteiger partial charge >= 0.3 is 0 Å². The van der Waals surface area contributed by atoms with Crippen molar-refractivity contribution in [2.45, 2.75) is 71.0 Å². The molecule has 3 aliphatic rings. The van der Waals surface area contributed by atoms with Crippen molar-refractivity contribution in [3.63, 3.8) is 0 Å². The second kappa shape index (κ2) is 9.92. The van der Waals surface area contributed by atoms with E-state index in [2.05, 4.69) is 101 Å². The van der Waals surface area contributed by atoms with E-state index in [1.165, 1.54) is 28.1 Å². The minimum atomic E-state index is -1.48. The van der Waals surface area contributed by atoms with Gasteiger partial charge < -0.3 is 15.1 Å². The number of nitrogens with zero attached hydrogens (tertiary/aromatic N) is 2. The Bertz CT molecular complexity index is 1500. The molecule has 0 saturated heterocycles. The van der Waals surface area contributed by atoms with Crippen molar-refractivity contribution < 1.29 is 14.8 Å². The van der Waals surface area contributed by atoms with Crippen molar-refractivity contribution in [2.75, 3.05) is 19.0 Å². The third kappa shape index (κ3) is 4.63. The van der Waals surface area contributed by atoms with Gasteiger partial charge in [0.05, 0.1) is 5.41 Å². The summed E-state index contributed by atoms with van der Waals surface area (Å²) in [4.78, 5) is 2.31. The van der Waals surface area contributed by atoms with E-state index in [1.54, 1.807) is 6.07 Å². The average molecular weight is 544 g/mol. The maximum atomic E-state index is 9.69. The van der Waals surface area contributed by atoms with Crippen molar-refractivity contribution in [1.82, 2.24) is 0 Å². The van der Waals surface area contributed by atoms with E-state index in [0.717, 1.165) is 46.8 Å². The van der Waals surface area contributed by atoms with Crippen LogP contribution in [0.4, 0.5) is 11.4 Å². The fraction of sp³-hybridized carbons (Fsp3) is 0.382. The summed E-state index contributed by atoms with van der Waals surface area (Å²) in [5.41, 5.74) is 11.0. The molecule has 0 radical (unpaired) electrons. The molecule has 2 N–H and O–H groups in total. The average Bonchev–Trinajstić information content (AvgIpc) is 3.19. The molecule has 0 aromatic heterocycles. The van der Waals surface area contributed by atoms with Crippen molar-refractivity contribution in [1.29, 1.82) is 0 Å². The Hall–Kier alpha value is -2.92. The molecule has 5 heteroatoms. The van der Waals surface area contributed by atoms with E-state index in [4.69, 9.17) is 11.6 Å². The van der Waals surface area contributed by atoms with Crippen LogP contribution in [-0.2, 0) is 10.8 Å².